The van der Waals surface area contributed by atoms with Crippen molar-refractivity contribution in [1.29, 1.82) is 0 Å². The number of aromatic nitrogens is 3. The van der Waals surface area contributed by atoms with Gasteiger partial charge in [0.15, 0.2) is 0 Å². The number of halogens is 1. The molecule has 27 heavy (non-hydrogen) atoms. The molecule has 0 spiro atoms. The summed E-state index contributed by atoms with van der Waals surface area (Å²) >= 11 is 0. The molecule has 2 aliphatic rings. The molecular formula is C21H17FN4O. The zero-order chi connectivity index (χ0) is 18.4. The Labute approximate surface area is 155 Å². The van der Waals surface area contributed by atoms with Crippen molar-refractivity contribution < 1.29 is 9.18 Å². The molecule has 0 radical (unpaired) electrons. The lowest BCUT2D eigenvalue weighted by molar-refractivity contribution is -0.123. The lowest BCUT2D eigenvalue weighted by Gasteiger charge is -2.38. The highest BCUT2D eigenvalue weighted by Gasteiger charge is 2.43. The third-order valence-corrected chi connectivity index (χ3v) is 5.33. The van der Waals surface area contributed by atoms with E-state index in [4.69, 9.17) is 0 Å². The molecule has 1 N–H and O–H groups in total. The Morgan fingerprint density at radius 3 is 2.59 bits per heavy atom. The van der Waals surface area contributed by atoms with Gasteiger partial charge < -0.3 is 5.32 Å². The van der Waals surface area contributed by atoms with Gasteiger partial charge in [-0.05, 0) is 23.3 Å². The highest BCUT2D eigenvalue weighted by Crippen LogP contribution is 2.43. The van der Waals surface area contributed by atoms with E-state index in [-0.39, 0.29) is 29.5 Å². The predicted octanol–water partition coefficient (Wildman–Crippen LogP) is 3.69. The molecule has 0 saturated heterocycles. The Balaban J connectivity index is 1.60. The fraction of sp³-hybridized carbons (Fsp3) is 0.190. The fourth-order valence-electron chi connectivity index (χ4n) is 4.08. The molecule has 0 unspecified atom stereocenters. The average Bonchev–Trinajstić information content (AvgIpc) is 3.15. The molecule has 0 saturated carbocycles. The van der Waals surface area contributed by atoms with E-state index in [1.807, 2.05) is 30.3 Å². The number of rotatable bonds is 2. The molecular weight excluding hydrogens is 343 g/mol. The number of hydrogen-bond donors (Lipinski definition) is 1. The first-order valence-corrected chi connectivity index (χ1v) is 8.92. The maximum Gasteiger partial charge on any atom is 0.226 e. The van der Waals surface area contributed by atoms with Crippen LogP contribution in [0.25, 0.3) is 0 Å². The largest absolute Gasteiger partial charge is 0.328 e. The van der Waals surface area contributed by atoms with Gasteiger partial charge in [0.25, 0.3) is 0 Å². The number of hydrogen-bond acceptors (Lipinski definition) is 4. The van der Waals surface area contributed by atoms with Crippen LogP contribution in [0, 0.1) is 11.7 Å². The molecule has 0 fully saturated rings. The number of carbonyl (C=O) groups excluding carboxylic acids is 1. The number of carbonyl (C=O) groups is 1. The van der Waals surface area contributed by atoms with E-state index < -0.39 is 0 Å². The van der Waals surface area contributed by atoms with Gasteiger partial charge in [0.05, 0.1) is 12.0 Å². The van der Waals surface area contributed by atoms with Gasteiger partial charge in [-0.3, -0.25) is 4.79 Å². The van der Waals surface area contributed by atoms with Gasteiger partial charge in [0.1, 0.15) is 17.9 Å². The Kier molecular flexibility index (Phi) is 3.63. The van der Waals surface area contributed by atoms with E-state index in [0.29, 0.717) is 12.4 Å². The van der Waals surface area contributed by atoms with E-state index in [9.17, 15) is 9.18 Å². The van der Waals surface area contributed by atoms with Crippen molar-refractivity contribution in [3.63, 3.8) is 0 Å². The van der Waals surface area contributed by atoms with Crippen LogP contribution in [0.4, 0.5) is 10.3 Å². The molecule has 1 aliphatic heterocycles. The molecule has 1 aliphatic carbocycles. The van der Waals surface area contributed by atoms with Crippen LogP contribution in [0.1, 0.15) is 29.5 Å². The van der Waals surface area contributed by atoms with Crippen molar-refractivity contribution >= 4 is 11.7 Å². The number of nitrogens with one attached hydrogen (secondary N) is 1. The molecule has 6 heteroatoms. The lowest BCUT2D eigenvalue weighted by atomic mass is 9.76. The number of Topliss-reactive ketones (excluding diaryl/α,β-unsaturated/α-hetero) is 1. The molecule has 5 nitrogen and oxygen atoms in total. The minimum atomic E-state index is -0.335. The fourth-order valence-corrected chi connectivity index (χ4v) is 4.08. The maximum absolute atomic E-state index is 13.3. The zero-order valence-corrected chi connectivity index (χ0v) is 14.4. The summed E-state index contributed by atoms with van der Waals surface area (Å²) in [5.41, 5.74) is 2.80. The third-order valence-electron chi connectivity index (χ3n) is 5.33. The maximum atomic E-state index is 13.3. The molecule has 5 rings (SSSR count). The van der Waals surface area contributed by atoms with E-state index >= 15 is 0 Å². The van der Waals surface area contributed by atoms with Crippen molar-refractivity contribution in [2.75, 3.05) is 5.32 Å². The number of benzene rings is 2. The number of nitrogens with zero attached hydrogens (tertiary/aromatic N) is 3. The van der Waals surface area contributed by atoms with Crippen molar-refractivity contribution in [3.05, 3.63) is 89.6 Å². The molecule has 3 aromatic rings. The number of fused-ring (bicyclic) bond motifs is 2. The third kappa shape index (κ3) is 2.65. The average molecular weight is 360 g/mol. The second-order valence-corrected chi connectivity index (χ2v) is 6.94. The van der Waals surface area contributed by atoms with Gasteiger partial charge in [-0.25, -0.2) is 9.07 Å². The smallest absolute Gasteiger partial charge is 0.226 e. The predicted molar refractivity (Wildman–Crippen MR) is 98.6 cm³/mol. The summed E-state index contributed by atoms with van der Waals surface area (Å²) < 4.78 is 15.0. The number of allylic oxidation sites excluding steroid dienone is 2. The van der Waals surface area contributed by atoms with Crippen molar-refractivity contribution in [1.82, 2.24) is 14.8 Å². The van der Waals surface area contributed by atoms with Gasteiger partial charge in [0.2, 0.25) is 5.95 Å². The van der Waals surface area contributed by atoms with Crippen LogP contribution in [-0.2, 0) is 4.79 Å². The SMILES string of the molecule is O=C1C[C@H](c2ccc(F)cc2)C=C2Nc3ncnn3[C@@H](c3ccccc3)[C@H]12. The Bertz CT molecular complexity index is 1030. The molecule has 0 amide bonds. The summed E-state index contributed by atoms with van der Waals surface area (Å²) in [5, 5.41) is 7.62. The first-order chi connectivity index (χ1) is 13.2. The van der Waals surface area contributed by atoms with Gasteiger partial charge in [-0.15, -0.1) is 0 Å². The Morgan fingerprint density at radius 2 is 1.81 bits per heavy atom. The summed E-state index contributed by atoms with van der Waals surface area (Å²) in [4.78, 5) is 17.5. The molecule has 134 valence electrons. The summed E-state index contributed by atoms with van der Waals surface area (Å²) in [6.45, 7) is 0. The first-order valence-electron chi connectivity index (χ1n) is 8.92. The molecule has 2 heterocycles. The minimum absolute atomic E-state index is 0.0808. The summed E-state index contributed by atoms with van der Waals surface area (Å²) in [6, 6.07) is 16.0. The van der Waals surface area contributed by atoms with Crippen LogP contribution >= 0.6 is 0 Å². The summed E-state index contributed by atoms with van der Waals surface area (Å²) in [5.74, 6) is 0.0729. The van der Waals surface area contributed by atoms with E-state index in [1.54, 1.807) is 16.8 Å². The molecule has 3 atom stereocenters. The summed E-state index contributed by atoms with van der Waals surface area (Å²) in [7, 11) is 0. The van der Waals surface area contributed by atoms with Crippen molar-refractivity contribution in [2.45, 2.75) is 18.4 Å². The number of ketones is 1. The van der Waals surface area contributed by atoms with E-state index in [1.165, 1.54) is 18.5 Å². The van der Waals surface area contributed by atoms with Crippen LogP contribution in [0.3, 0.4) is 0 Å². The van der Waals surface area contributed by atoms with E-state index in [2.05, 4.69) is 21.5 Å². The van der Waals surface area contributed by atoms with Crippen LogP contribution in [-0.4, -0.2) is 20.5 Å². The van der Waals surface area contributed by atoms with Crippen LogP contribution in [0.15, 0.2) is 72.7 Å². The summed E-state index contributed by atoms with van der Waals surface area (Å²) in [6.07, 6.45) is 3.96. The van der Waals surface area contributed by atoms with Crippen LogP contribution < -0.4 is 5.32 Å². The standard InChI is InChI=1S/C21H17FN4O/c22-16-8-6-13(7-9-16)15-10-17-19(18(27)11-15)20(14-4-2-1-3-5-14)26-21(25-17)23-12-24-26/h1-10,12,15,19-20H,11H2,(H,23,24,25)/t15-,19+,20+/m1/s1. The second kappa shape index (κ2) is 6.16. The zero-order valence-electron chi connectivity index (χ0n) is 14.4. The van der Waals surface area contributed by atoms with Gasteiger partial charge in [0, 0.05) is 18.0 Å². The first kappa shape index (κ1) is 15.9. The number of anilines is 1. The Hall–Kier alpha value is -3.28. The minimum Gasteiger partial charge on any atom is -0.328 e. The van der Waals surface area contributed by atoms with Crippen molar-refractivity contribution in [3.8, 4) is 0 Å². The van der Waals surface area contributed by atoms with Crippen molar-refractivity contribution in [2.24, 2.45) is 5.92 Å². The van der Waals surface area contributed by atoms with Crippen LogP contribution in [0.5, 0.6) is 0 Å². The van der Waals surface area contributed by atoms with Gasteiger partial charge in [-0.2, -0.15) is 10.1 Å². The monoisotopic (exact) mass is 360 g/mol. The normalized spacial score (nSPS) is 23.8. The molecule has 0 bridgehead atoms. The van der Waals surface area contributed by atoms with Crippen LogP contribution in [0.2, 0.25) is 0 Å². The Morgan fingerprint density at radius 1 is 1.04 bits per heavy atom. The lowest BCUT2D eigenvalue weighted by Crippen LogP contribution is -2.40. The quantitative estimate of drug-likeness (QED) is 0.757. The highest BCUT2D eigenvalue weighted by atomic mass is 19.1. The molecule has 1 aromatic heterocycles. The van der Waals surface area contributed by atoms with Gasteiger partial charge >= 0.3 is 0 Å². The second-order valence-electron chi connectivity index (χ2n) is 6.94. The molecule has 2 aromatic carbocycles. The highest BCUT2D eigenvalue weighted by molar-refractivity contribution is 5.88. The topological polar surface area (TPSA) is 59.8 Å². The van der Waals surface area contributed by atoms with E-state index in [0.717, 1.165) is 16.8 Å². The van der Waals surface area contributed by atoms with Gasteiger partial charge in [-0.1, -0.05) is 48.5 Å².